The Labute approximate surface area is 97.9 Å². The summed E-state index contributed by atoms with van der Waals surface area (Å²) in [7, 11) is 0. The van der Waals surface area contributed by atoms with Crippen molar-refractivity contribution < 1.29 is 14.6 Å². The van der Waals surface area contributed by atoms with Crippen LogP contribution in [0.5, 0.6) is 0 Å². The van der Waals surface area contributed by atoms with Gasteiger partial charge in [-0.3, -0.25) is 4.98 Å². The number of carboxylic acids is 1. The molecule has 17 heavy (non-hydrogen) atoms. The first-order valence-electron chi connectivity index (χ1n) is 5.49. The molecule has 86 valence electrons. The average Bonchev–Trinajstić information content (AvgIpc) is 2.35. The van der Waals surface area contributed by atoms with E-state index in [4.69, 9.17) is 4.74 Å². The third-order valence-corrected chi connectivity index (χ3v) is 3.02. The average molecular weight is 229 g/mol. The number of hydrogen-bond donors (Lipinski definition) is 1. The molecule has 0 saturated carbocycles. The molecule has 1 aliphatic rings. The molecule has 0 bridgehead atoms. The molecule has 0 radical (unpaired) electrons. The van der Waals surface area contributed by atoms with Gasteiger partial charge in [-0.15, -0.1) is 0 Å². The predicted molar refractivity (Wildman–Crippen MR) is 62.1 cm³/mol. The fourth-order valence-corrected chi connectivity index (χ4v) is 2.25. The van der Waals surface area contributed by atoms with Crippen molar-refractivity contribution in [2.75, 3.05) is 6.61 Å². The normalized spacial score (nSPS) is 14.6. The maximum absolute atomic E-state index is 11.4. The Morgan fingerprint density at radius 3 is 3.00 bits per heavy atom. The molecule has 0 amide bonds. The van der Waals surface area contributed by atoms with E-state index < -0.39 is 5.97 Å². The maximum atomic E-state index is 11.4. The summed E-state index contributed by atoms with van der Waals surface area (Å²) >= 11 is 0. The monoisotopic (exact) mass is 229 g/mol. The minimum atomic E-state index is -0.912. The molecule has 1 aliphatic heterocycles. The van der Waals surface area contributed by atoms with Crippen molar-refractivity contribution in [3.63, 3.8) is 0 Å². The van der Waals surface area contributed by atoms with Crippen LogP contribution in [0.4, 0.5) is 0 Å². The van der Waals surface area contributed by atoms with Crippen molar-refractivity contribution in [2.45, 2.75) is 13.0 Å². The van der Waals surface area contributed by atoms with E-state index in [2.05, 4.69) is 4.98 Å². The quantitative estimate of drug-likeness (QED) is 0.812. The molecular weight excluding hydrogens is 218 g/mol. The SMILES string of the molecule is O=C(O)c1c2c(nc3ccccc13)CCOC2. The highest BCUT2D eigenvalue weighted by molar-refractivity contribution is 6.04. The number of hydrogen-bond acceptors (Lipinski definition) is 3. The van der Waals surface area contributed by atoms with E-state index in [9.17, 15) is 9.90 Å². The van der Waals surface area contributed by atoms with E-state index in [1.54, 1.807) is 6.07 Å². The van der Waals surface area contributed by atoms with Crippen molar-refractivity contribution in [3.8, 4) is 0 Å². The Bertz CT molecular complexity index is 607. The molecule has 2 heterocycles. The van der Waals surface area contributed by atoms with Gasteiger partial charge in [0.25, 0.3) is 0 Å². The number of fused-ring (bicyclic) bond motifs is 2. The smallest absolute Gasteiger partial charge is 0.336 e. The number of benzene rings is 1. The maximum Gasteiger partial charge on any atom is 0.336 e. The molecule has 0 unspecified atom stereocenters. The highest BCUT2D eigenvalue weighted by Crippen LogP contribution is 2.26. The minimum Gasteiger partial charge on any atom is -0.478 e. The van der Waals surface area contributed by atoms with Crippen molar-refractivity contribution in [3.05, 3.63) is 41.1 Å². The fourth-order valence-electron chi connectivity index (χ4n) is 2.25. The van der Waals surface area contributed by atoms with Crippen LogP contribution in [0.1, 0.15) is 21.6 Å². The number of pyridine rings is 1. The zero-order valence-electron chi connectivity index (χ0n) is 9.14. The second-order valence-electron chi connectivity index (χ2n) is 4.04. The van der Waals surface area contributed by atoms with Crippen LogP contribution in [-0.2, 0) is 17.8 Å². The van der Waals surface area contributed by atoms with Gasteiger partial charge in [0.05, 0.1) is 24.3 Å². The van der Waals surface area contributed by atoms with Gasteiger partial charge >= 0.3 is 5.97 Å². The molecule has 0 saturated heterocycles. The molecule has 0 spiro atoms. The van der Waals surface area contributed by atoms with Gasteiger partial charge in [0, 0.05) is 23.1 Å². The summed E-state index contributed by atoms with van der Waals surface area (Å²) < 4.78 is 5.33. The molecule has 2 aromatic rings. The summed E-state index contributed by atoms with van der Waals surface area (Å²) in [5.41, 5.74) is 2.66. The summed E-state index contributed by atoms with van der Waals surface area (Å²) in [6.07, 6.45) is 0.681. The van der Waals surface area contributed by atoms with Crippen LogP contribution in [0, 0.1) is 0 Å². The van der Waals surface area contributed by atoms with Crippen LogP contribution in [0.25, 0.3) is 10.9 Å². The first-order valence-corrected chi connectivity index (χ1v) is 5.49. The second kappa shape index (κ2) is 3.82. The Kier molecular flexibility index (Phi) is 2.30. The van der Waals surface area contributed by atoms with Crippen molar-refractivity contribution in [1.29, 1.82) is 0 Å². The Morgan fingerprint density at radius 1 is 1.35 bits per heavy atom. The van der Waals surface area contributed by atoms with Crippen LogP contribution >= 0.6 is 0 Å². The number of aromatic nitrogens is 1. The molecular formula is C13H11NO3. The lowest BCUT2D eigenvalue weighted by Gasteiger charge is -2.19. The summed E-state index contributed by atoms with van der Waals surface area (Å²) in [5, 5.41) is 10.0. The molecule has 4 heteroatoms. The van der Waals surface area contributed by atoms with Crippen molar-refractivity contribution in [1.82, 2.24) is 4.98 Å². The third-order valence-electron chi connectivity index (χ3n) is 3.02. The summed E-state index contributed by atoms with van der Waals surface area (Å²) in [6.45, 7) is 0.951. The van der Waals surface area contributed by atoms with Gasteiger partial charge in [-0.1, -0.05) is 18.2 Å². The standard InChI is InChI=1S/C13H11NO3/c15-13(16)12-8-3-1-2-4-10(8)14-11-5-6-17-7-9(11)12/h1-4H,5-7H2,(H,15,16). The van der Waals surface area contributed by atoms with E-state index in [1.165, 1.54) is 0 Å². The molecule has 0 aliphatic carbocycles. The van der Waals surface area contributed by atoms with Crippen LogP contribution in [0.2, 0.25) is 0 Å². The minimum absolute atomic E-state index is 0.338. The summed E-state index contributed by atoms with van der Waals surface area (Å²) in [5.74, 6) is -0.912. The number of ether oxygens (including phenoxy) is 1. The van der Waals surface area contributed by atoms with E-state index >= 15 is 0 Å². The molecule has 1 N–H and O–H groups in total. The summed E-state index contributed by atoms with van der Waals surface area (Å²) in [6, 6.07) is 7.33. The molecule has 0 fully saturated rings. The van der Waals surface area contributed by atoms with E-state index in [0.29, 0.717) is 30.6 Å². The second-order valence-corrected chi connectivity index (χ2v) is 4.04. The molecule has 1 aromatic heterocycles. The lowest BCUT2D eigenvalue weighted by molar-refractivity contribution is 0.0683. The van der Waals surface area contributed by atoms with E-state index in [-0.39, 0.29) is 0 Å². The van der Waals surface area contributed by atoms with Gasteiger partial charge in [-0.05, 0) is 6.07 Å². The number of aromatic carboxylic acids is 1. The van der Waals surface area contributed by atoms with Gasteiger partial charge in [0.2, 0.25) is 0 Å². The Hall–Kier alpha value is -1.94. The van der Waals surface area contributed by atoms with Gasteiger partial charge in [0.15, 0.2) is 0 Å². The Balaban J connectivity index is 2.40. The molecule has 1 aromatic carbocycles. The zero-order chi connectivity index (χ0) is 11.8. The lowest BCUT2D eigenvalue weighted by atomic mass is 9.98. The number of carboxylic acid groups (broad SMARTS) is 1. The van der Waals surface area contributed by atoms with Gasteiger partial charge in [-0.25, -0.2) is 4.79 Å². The van der Waals surface area contributed by atoms with Crippen LogP contribution in [0.3, 0.4) is 0 Å². The number of carbonyl (C=O) groups is 1. The van der Waals surface area contributed by atoms with Crippen molar-refractivity contribution in [2.24, 2.45) is 0 Å². The topological polar surface area (TPSA) is 59.4 Å². The van der Waals surface area contributed by atoms with Crippen molar-refractivity contribution >= 4 is 16.9 Å². The molecule has 0 atom stereocenters. The van der Waals surface area contributed by atoms with E-state index in [1.807, 2.05) is 18.2 Å². The van der Waals surface area contributed by atoms with Gasteiger partial charge in [-0.2, -0.15) is 0 Å². The van der Waals surface area contributed by atoms with Gasteiger partial charge < -0.3 is 9.84 Å². The number of para-hydroxylation sites is 1. The molecule has 4 nitrogen and oxygen atoms in total. The first kappa shape index (κ1) is 10.2. The zero-order valence-corrected chi connectivity index (χ0v) is 9.14. The third kappa shape index (κ3) is 1.57. The highest BCUT2D eigenvalue weighted by atomic mass is 16.5. The number of rotatable bonds is 1. The van der Waals surface area contributed by atoms with Crippen LogP contribution in [0.15, 0.2) is 24.3 Å². The Morgan fingerprint density at radius 2 is 2.18 bits per heavy atom. The molecule has 3 rings (SSSR count). The predicted octanol–water partition coefficient (Wildman–Crippen LogP) is 2.01. The van der Waals surface area contributed by atoms with Gasteiger partial charge in [0.1, 0.15) is 0 Å². The van der Waals surface area contributed by atoms with E-state index in [0.717, 1.165) is 16.8 Å². The lowest BCUT2D eigenvalue weighted by Crippen LogP contribution is -2.17. The fraction of sp³-hybridized carbons (Fsp3) is 0.231. The summed E-state index contributed by atoms with van der Waals surface area (Å²) in [4.78, 5) is 15.9. The van der Waals surface area contributed by atoms with Crippen LogP contribution < -0.4 is 0 Å². The largest absolute Gasteiger partial charge is 0.478 e. The van der Waals surface area contributed by atoms with Crippen LogP contribution in [-0.4, -0.2) is 22.7 Å². The number of nitrogens with zero attached hydrogens (tertiary/aromatic N) is 1. The highest BCUT2D eigenvalue weighted by Gasteiger charge is 2.22. The first-order chi connectivity index (χ1) is 8.27.